The van der Waals surface area contributed by atoms with Gasteiger partial charge in [-0.1, -0.05) is 6.07 Å². The van der Waals surface area contributed by atoms with Gasteiger partial charge in [0, 0.05) is 23.2 Å². The van der Waals surface area contributed by atoms with Gasteiger partial charge in [-0.3, -0.25) is 9.69 Å². The van der Waals surface area contributed by atoms with Crippen LogP contribution in [0.3, 0.4) is 0 Å². The van der Waals surface area contributed by atoms with E-state index < -0.39 is 11.6 Å². The Morgan fingerprint density at radius 3 is 2.75 bits per heavy atom. The van der Waals surface area contributed by atoms with E-state index in [1.54, 1.807) is 11.3 Å². The van der Waals surface area contributed by atoms with Gasteiger partial charge >= 0.3 is 0 Å². The van der Waals surface area contributed by atoms with Gasteiger partial charge in [0.1, 0.15) is 0 Å². The molecule has 0 saturated carbocycles. The Hall–Kier alpha value is -1.79. The number of carbonyl (C=O) groups excluding carboxylic acids is 1. The maximum Gasteiger partial charge on any atom is 0.238 e. The van der Waals surface area contributed by atoms with Crippen molar-refractivity contribution in [1.82, 2.24) is 4.90 Å². The normalized spacial score (nSPS) is 10.8. The molecule has 2 rings (SSSR count). The van der Waals surface area contributed by atoms with Crippen LogP contribution in [0.15, 0.2) is 35.7 Å². The van der Waals surface area contributed by atoms with Gasteiger partial charge in [-0.2, -0.15) is 0 Å². The number of rotatable bonds is 5. The number of carbonyl (C=O) groups is 1. The van der Waals surface area contributed by atoms with Crippen LogP contribution in [0.4, 0.5) is 14.5 Å². The number of hydrogen-bond donors (Lipinski definition) is 1. The summed E-state index contributed by atoms with van der Waals surface area (Å²) in [6.45, 7) is 0.847. The lowest BCUT2D eigenvalue weighted by Gasteiger charge is -2.15. The first-order chi connectivity index (χ1) is 9.54. The average molecular weight is 296 g/mol. The highest BCUT2D eigenvalue weighted by Crippen LogP contribution is 2.14. The molecule has 2 aromatic rings. The predicted octanol–water partition coefficient (Wildman–Crippen LogP) is 3.10. The Morgan fingerprint density at radius 2 is 2.10 bits per heavy atom. The number of hydrogen-bond acceptors (Lipinski definition) is 3. The maximum absolute atomic E-state index is 13.0. The monoisotopic (exact) mass is 296 g/mol. The number of amides is 1. The van der Waals surface area contributed by atoms with E-state index >= 15 is 0 Å². The van der Waals surface area contributed by atoms with Crippen molar-refractivity contribution in [1.29, 1.82) is 0 Å². The fourth-order valence-electron chi connectivity index (χ4n) is 1.74. The summed E-state index contributed by atoms with van der Waals surface area (Å²) in [5.41, 5.74) is 0.249. The van der Waals surface area contributed by atoms with Gasteiger partial charge in [0.05, 0.1) is 6.54 Å². The lowest BCUT2D eigenvalue weighted by atomic mass is 10.3. The lowest BCUT2D eigenvalue weighted by Crippen LogP contribution is -2.29. The molecule has 1 N–H and O–H groups in total. The molecule has 0 spiro atoms. The third kappa shape index (κ3) is 4.11. The van der Waals surface area contributed by atoms with Gasteiger partial charge in [-0.15, -0.1) is 11.3 Å². The molecule has 0 aliphatic carbocycles. The summed E-state index contributed by atoms with van der Waals surface area (Å²) in [4.78, 5) is 14.8. The largest absolute Gasteiger partial charge is 0.325 e. The average Bonchev–Trinajstić information content (AvgIpc) is 2.86. The van der Waals surface area contributed by atoms with E-state index in [0.717, 1.165) is 17.0 Å². The van der Waals surface area contributed by atoms with E-state index in [1.165, 1.54) is 6.07 Å². The Morgan fingerprint density at radius 1 is 1.30 bits per heavy atom. The van der Waals surface area contributed by atoms with E-state index in [1.807, 2.05) is 29.5 Å². The quantitative estimate of drug-likeness (QED) is 0.919. The number of likely N-dealkylation sites (N-methyl/N-ethyl adjacent to an activating group) is 1. The molecular formula is C14H14F2N2OS. The van der Waals surface area contributed by atoms with E-state index in [4.69, 9.17) is 0 Å². The molecule has 0 fully saturated rings. The van der Waals surface area contributed by atoms with E-state index in [2.05, 4.69) is 5.32 Å². The summed E-state index contributed by atoms with van der Waals surface area (Å²) in [6.07, 6.45) is 0. The summed E-state index contributed by atoms with van der Waals surface area (Å²) in [5, 5.41) is 4.51. The number of anilines is 1. The second kappa shape index (κ2) is 6.58. The minimum atomic E-state index is -0.977. The molecule has 1 amide bonds. The van der Waals surface area contributed by atoms with Crippen molar-refractivity contribution in [3.8, 4) is 0 Å². The van der Waals surface area contributed by atoms with Crippen LogP contribution in [0.5, 0.6) is 0 Å². The van der Waals surface area contributed by atoms with Crippen LogP contribution >= 0.6 is 11.3 Å². The van der Waals surface area contributed by atoms with Crippen molar-refractivity contribution >= 4 is 22.9 Å². The van der Waals surface area contributed by atoms with Crippen molar-refractivity contribution < 1.29 is 13.6 Å². The second-order valence-corrected chi connectivity index (χ2v) is 5.46. The highest BCUT2D eigenvalue weighted by Gasteiger charge is 2.09. The van der Waals surface area contributed by atoms with Crippen molar-refractivity contribution in [3.63, 3.8) is 0 Å². The Labute approximate surface area is 119 Å². The third-order valence-corrected chi connectivity index (χ3v) is 3.48. The van der Waals surface area contributed by atoms with Crippen LogP contribution in [0.2, 0.25) is 0 Å². The van der Waals surface area contributed by atoms with Gasteiger partial charge in [-0.25, -0.2) is 8.78 Å². The SMILES string of the molecule is CN(CC(=O)Nc1ccc(F)c(F)c1)Cc1cccs1. The van der Waals surface area contributed by atoms with Gasteiger partial charge < -0.3 is 5.32 Å². The topological polar surface area (TPSA) is 32.3 Å². The van der Waals surface area contributed by atoms with Crippen LogP contribution in [0.25, 0.3) is 0 Å². The molecule has 0 radical (unpaired) electrons. The molecule has 0 aliphatic heterocycles. The molecule has 0 saturated heterocycles. The molecule has 6 heteroatoms. The first kappa shape index (κ1) is 14.6. The molecule has 1 aromatic heterocycles. The summed E-state index contributed by atoms with van der Waals surface area (Å²) in [7, 11) is 1.82. The minimum Gasteiger partial charge on any atom is -0.325 e. The molecule has 20 heavy (non-hydrogen) atoms. The zero-order chi connectivity index (χ0) is 14.5. The Balaban J connectivity index is 1.87. The van der Waals surface area contributed by atoms with Crippen molar-refractivity contribution in [3.05, 3.63) is 52.2 Å². The molecule has 0 unspecified atom stereocenters. The molecule has 1 heterocycles. The van der Waals surface area contributed by atoms with Crippen LogP contribution < -0.4 is 5.32 Å². The van der Waals surface area contributed by atoms with Crippen molar-refractivity contribution in [2.45, 2.75) is 6.54 Å². The molecule has 0 aliphatic rings. The first-order valence-electron chi connectivity index (χ1n) is 6.00. The van der Waals surface area contributed by atoms with Crippen molar-refractivity contribution in [2.75, 3.05) is 18.9 Å². The molecule has 1 aromatic carbocycles. The fourth-order valence-corrected chi connectivity index (χ4v) is 2.53. The summed E-state index contributed by atoms with van der Waals surface area (Å²) in [5.74, 6) is -2.18. The molecular weight excluding hydrogens is 282 g/mol. The predicted molar refractivity (Wildman–Crippen MR) is 75.6 cm³/mol. The summed E-state index contributed by atoms with van der Waals surface area (Å²) < 4.78 is 25.8. The van der Waals surface area contributed by atoms with E-state index in [9.17, 15) is 13.6 Å². The second-order valence-electron chi connectivity index (χ2n) is 4.43. The number of thiophene rings is 1. The first-order valence-corrected chi connectivity index (χ1v) is 6.88. The minimum absolute atomic E-state index is 0.177. The number of benzene rings is 1. The fraction of sp³-hybridized carbons (Fsp3) is 0.214. The number of nitrogens with one attached hydrogen (secondary N) is 1. The molecule has 0 bridgehead atoms. The molecule has 106 valence electrons. The number of halogens is 2. The summed E-state index contributed by atoms with van der Waals surface area (Å²) in [6, 6.07) is 7.23. The highest BCUT2D eigenvalue weighted by molar-refractivity contribution is 7.09. The van der Waals surface area contributed by atoms with Crippen LogP contribution in [0.1, 0.15) is 4.88 Å². The van der Waals surface area contributed by atoms with Gasteiger partial charge in [0.25, 0.3) is 0 Å². The van der Waals surface area contributed by atoms with Crippen LogP contribution in [-0.4, -0.2) is 24.4 Å². The smallest absolute Gasteiger partial charge is 0.238 e. The van der Waals surface area contributed by atoms with E-state index in [0.29, 0.717) is 6.54 Å². The molecule has 0 atom stereocenters. The zero-order valence-electron chi connectivity index (χ0n) is 10.9. The van der Waals surface area contributed by atoms with Crippen LogP contribution in [0, 0.1) is 11.6 Å². The lowest BCUT2D eigenvalue weighted by molar-refractivity contribution is -0.117. The Kier molecular flexibility index (Phi) is 4.81. The number of nitrogens with zero attached hydrogens (tertiary/aromatic N) is 1. The van der Waals surface area contributed by atoms with Gasteiger partial charge in [0.15, 0.2) is 11.6 Å². The maximum atomic E-state index is 13.0. The van der Waals surface area contributed by atoms with Gasteiger partial charge in [-0.05, 0) is 30.6 Å². The van der Waals surface area contributed by atoms with Crippen molar-refractivity contribution in [2.24, 2.45) is 0 Å². The molecule has 3 nitrogen and oxygen atoms in total. The standard InChI is InChI=1S/C14H14F2N2OS/c1-18(8-11-3-2-6-20-11)9-14(19)17-10-4-5-12(15)13(16)7-10/h2-7H,8-9H2,1H3,(H,17,19). The van der Waals surface area contributed by atoms with E-state index in [-0.39, 0.29) is 18.1 Å². The third-order valence-electron chi connectivity index (χ3n) is 2.62. The highest BCUT2D eigenvalue weighted by atomic mass is 32.1. The van der Waals surface area contributed by atoms with Gasteiger partial charge in [0.2, 0.25) is 5.91 Å². The zero-order valence-corrected chi connectivity index (χ0v) is 11.7. The Bertz CT molecular complexity index is 587. The summed E-state index contributed by atoms with van der Waals surface area (Å²) >= 11 is 1.62. The van der Waals surface area contributed by atoms with Crippen LogP contribution in [-0.2, 0) is 11.3 Å².